The van der Waals surface area contributed by atoms with Crippen LogP contribution in [0.2, 0.25) is 0 Å². The van der Waals surface area contributed by atoms with Crippen LogP contribution < -0.4 is 4.74 Å². The lowest BCUT2D eigenvalue weighted by atomic mass is 10.3. The van der Waals surface area contributed by atoms with Crippen LogP contribution >= 0.6 is 11.8 Å². The maximum Gasteiger partial charge on any atom is 0.266 e. The number of hydrogen-bond donors (Lipinski definition) is 0. The number of carbonyl (C=O) groups excluding carboxylic acids is 1. The molecule has 2 heterocycles. The third kappa shape index (κ3) is 4.92. The van der Waals surface area contributed by atoms with E-state index in [4.69, 9.17) is 9.47 Å². The van der Waals surface area contributed by atoms with Gasteiger partial charge in [-0.2, -0.15) is 0 Å². The van der Waals surface area contributed by atoms with Gasteiger partial charge < -0.3 is 14.0 Å². The van der Waals surface area contributed by atoms with Gasteiger partial charge >= 0.3 is 0 Å². The number of amides is 1. The first-order valence-electron chi connectivity index (χ1n) is 9.54. The van der Waals surface area contributed by atoms with Crippen LogP contribution in [0.15, 0.2) is 46.4 Å². The second-order valence-corrected chi connectivity index (χ2v) is 8.08. The van der Waals surface area contributed by atoms with Gasteiger partial charge in [-0.1, -0.05) is 0 Å². The van der Waals surface area contributed by atoms with E-state index in [9.17, 15) is 4.79 Å². The maximum atomic E-state index is 13.0. The van der Waals surface area contributed by atoms with E-state index in [1.807, 2.05) is 30.3 Å². The smallest absolute Gasteiger partial charge is 0.266 e. The Hall–Kier alpha value is -2.51. The van der Waals surface area contributed by atoms with Crippen molar-refractivity contribution in [2.75, 3.05) is 27.4 Å². The number of nitrogens with zero attached hydrogens (tertiary/aromatic N) is 3. The zero-order chi connectivity index (χ0) is 21.0. The van der Waals surface area contributed by atoms with Crippen LogP contribution in [-0.2, 0) is 9.53 Å². The summed E-state index contributed by atoms with van der Waals surface area (Å²) in [6, 6.07) is 9.93. The van der Waals surface area contributed by atoms with E-state index < -0.39 is 0 Å². The van der Waals surface area contributed by atoms with Gasteiger partial charge in [-0.05, 0) is 74.5 Å². The van der Waals surface area contributed by atoms with Gasteiger partial charge in [-0.25, -0.2) is 4.99 Å². The minimum Gasteiger partial charge on any atom is -0.497 e. The van der Waals surface area contributed by atoms with Gasteiger partial charge in [0.05, 0.1) is 30.9 Å². The summed E-state index contributed by atoms with van der Waals surface area (Å²) in [5, 5.41) is 0.656. The SMILES string of the molecule is COCCN1C(=O)/C(=C\c2cc(C)n(C(C)C)c2)SC1=Nc1ccc(OC)cc1. The Bertz CT molecular complexity index is 929. The summed E-state index contributed by atoms with van der Waals surface area (Å²) in [6.45, 7) is 7.27. The van der Waals surface area contributed by atoms with Crippen LogP contribution in [-0.4, -0.2) is 47.9 Å². The molecule has 1 aliphatic rings. The van der Waals surface area contributed by atoms with Gasteiger partial charge in [-0.3, -0.25) is 9.69 Å². The molecule has 0 N–H and O–H groups in total. The second kappa shape index (κ2) is 9.33. The predicted molar refractivity (Wildman–Crippen MR) is 119 cm³/mol. The van der Waals surface area contributed by atoms with Gasteiger partial charge in [0.15, 0.2) is 5.17 Å². The van der Waals surface area contributed by atoms with E-state index in [-0.39, 0.29) is 5.91 Å². The number of aryl methyl sites for hydroxylation is 1. The minimum absolute atomic E-state index is 0.0470. The number of benzene rings is 1. The van der Waals surface area contributed by atoms with Crippen molar-refractivity contribution in [3.8, 4) is 5.75 Å². The Morgan fingerprint density at radius 1 is 1.21 bits per heavy atom. The molecule has 29 heavy (non-hydrogen) atoms. The molecule has 0 radical (unpaired) electrons. The molecule has 7 heteroatoms. The van der Waals surface area contributed by atoms with Crippen molar-refractivity contribution in [3.05, 3.63) is 52.7 Å². The lowest BCUT2D eigenvalue weighted by molar-refractivity contribution is -0.122. The van der Waals surface area contributed by atoms with Gasteiger partial charge in [-0.15, -0.1) is 0 Å². The van der Waals surface area contributed by atoms with E-state index in [1.54, 1.807) is 19.1 Å². The fourth-order valence-corrected chi connectivity index (χ4v) is 4.17. The average molecular weight is 414 g/mol. The van der Waals surface area contributed by atoms with Gasteiger partial charge in [0.2, 0.25) is 0 Å². The maximum absolute atomic E-state index is 13.0. The molecule has 154 valence electrons. The third-order valence-electron chi connectivity index (χ3n) is 4.63. The monoisotopic (exact) mass is 413 g/mol. The molecular weight excluding hydrogens is 386 g/mol. The molecule has 1 saturated heterocycles. The number of rotatable bonds is 7. The molecule has 0 atom stereocenters. The number of ether oxygens (including phenoxy) is 2. The van der Waals surface area contributed by atoms with Crippen molar-refractivity contribution >= 4 is 34.6 Å². The summed E-state index contributed by atoms with van der Waals surface area (Å²) in [6.07, 6.45) is 4.02. The van der Waals surface area contributed by atoms with Crippen LogP contribution in [0.1, 0.15) is 31.1 Å². The Morgan fingerprint density at radius 2 is 1.93 bits per heavy atom. The predicted octanol–water partition coefficient (Wildman–Crippen LogP) is 4.64. The number of methoxy groups -OCH3 is 2. The van der Waals surface area contributed by atoms with Crippen LogP contribution in [0, 0.1) is 6.92 Å². The molecule has 0 spiro atoms. The molecule has 1 aromatic carbocycles. The van der Waals surface area contributed by atoms with Gasteiger partial charge in [0.25, 0.3) is 5.91 Å². The van der Waals surface area contributed by atoms with Crippen LogP contribution in [0.25, 0.3) is 6.08 Å². The first-order valence-corrected chi connectivity index (χ1v) is 10.4. The zero-order valence-corrected chi connectivity index (χ0v) is 18.3. The molecule has 6 nitrogen and oxygen atoms in total. The normalized spacial score (nSPS) is 17.2. The highest BCUT2D eigenvalue weighted by atomic mass is 32.2. The highest BCUT2D eigenvalue weighted by Crippen LogP contribution is 2.34. The van der Waals surface area contributed by atoms with Crippen molar-refractivity contribution in [2.24, 2.45) is 4.99 Å². The summed E-state index contributed by atoms with van der Waals surface area (Å²) < 4.78 is 12.6. The first kappa shape index (κ1) is 21.2. The van der Waals surface area contributed by atoms with Crippen molar-refractivity contribution in [1.82, 2.24) is 9.47 Å². The van der Waals surface area contributed by atoms with E-state index in [2.05, 4.69) is 42.6 Å². The lowest BCUT2D eigenvalue weighted by Crippen LogP contribution is -2.32. The summed E-state index contributed by atoms with van der Waals surface area (Å²) in [5.41, 5.74) is 2.96. The van der Waals surface area contributed by atoms with Crippen molar-refractivity contribution < 1.29 is 14.3 Å². The molecule has 0 bridgehead atoms. The fraction of sp³-hybridized carbons (Fsp3) is 0.364. The highest BCUT2D eigenvalue weighted by Gasteiger charge is 2.33. The van der Waals surface area contributed by atoms with E-state index in [0.29, 0.717) is 29.3 Å². The number of aliphatic imine (C=N–C) groups is 1. The molecule has 1 amide bonds. The minimum atomic E-state index is -0.0470. The summed E-state index contributed by atoms with van der Waals surface area (Å²) in [7, 11) is 3.26. The highest BCUT2D eigenvalue weighted by molar-refractivity contribution is 8.18. The molecule has 0 saturated carbocycles. The topological polar surface area (TPSA) is 56.1 Å². The van der Waals surface area contributed by atoms with E-state index >= 15 is 0 Å². The molecule has 0 aliphatic carbocycles. The van der Waals surface area contributed by atoms with E-state index in [0.717, 1.165) is 17.0 Å². The number of hydrogen-bond acceptors (Lipinski definition) is 5. The van der Waals surface area contributed by atoms with Gasteiger partial charge in [0.1, 0.15) is 5.75 Å². The Morgan fingerprint density at radius 3 is 2.52 bits per heavy atom. The summed E-state index contributed by atoms with van der Waals surface area (Å²) in [4.78, 5) is 20.0. The quantitative estimate of drug-likeness (QED) is 0.621. The summed E-state index contributed by atoms with van der Waals surface area (Å²) in [5.74, 6) is 0.722. The first-order chi connectivity index (χ1) is 13.9. The Kier molecular flexibility index (Phi) is 6.82. The molecule has 1 aromatic heterocycles. The van der Waals surface area contributed by atoms with Crippen LogP contribution in [0.4, 0.5) is 5.69 Å². The number of carbonyl (C=O) groups is 1. The zero-order valence-electron chi connectivity index (χ0n) is 17.5. The largest absolute Gasteiger partial charge is 0.497 e. The standard InChI is InChI=1S/C22H27N3O3S/c1-15(2)25-14-17(12-16(25)3)13-20-21(26)24(10-11-27-4)22(29-20)23-18-6-8-19(28-5)9-7-18/h6-9,12-15H,10-11H2,1-5H3/b20-13+,23-22?. The molecule has 0 unspecified atom stereocenters. The van der Waals surface area contributed by atoms with E-state index in [1.165, 1.54) is 17.5 Å². The van der Waals surface area contributed by atoms with Crippen molar-refractivity contribution in [1.29, 1.82) is 0 Å². The average Bonchev–Trinajstić information content (AvgIpc) is 3.21. The fourth-order valence-electron chi connectivity index (χ4n) is 3.14. The third-order valence-corrected chi connectivity index (χ3v) is 5.64. The van der Waals surface area contributed by atoms with Crippen molar-refractivity contribution in [2.45, 2.75) is 26.8 Å². The molecule has 3 rings (SSSR count). The van der Waals surface area contributed by atoms with Crippen LogP contribution in [0.3, 0.4) is 0 Å². The number of thioether (sulfide) groups is 1. The Labute approximate surface area is 176 Å². The second-order valence-electron chi connectivity index (χ2n) is 7.07. The number of amidine groups is 1. The molecule has 1 aliphatic heterocycles. The molecular formula is C22H27N3O3S. The number of aromatic nitrogens is 1. The lowest BCUT2D eigenvalue weighted by Gasteiger charge is -2.14. The van der Waals surface area contributed by atoms with Crippen molar-refractivity contribution in [3.63, 3.8) is 0 Å². The van der Waals surface area contributed by atoms with Gasteiger partial charge in [0, 0.05) is 25.0 Å². The molecule has 1 fully saturated rings. The Balaban J connectivity index is 1.91. The van der Waals surface area contributed by atoms with Crippen LogP contribution in [0.5, 0.6) is 5.75 Å². The molecule has 2 aromatic rings. The summed E-state index contributed by atoms with van der Waals surface area (Å²) >= 11 is 1.39.